The van der Waals surface area contributed by atoms with Crippen LogP contribution in [0.1, 0.15) is 74.5 Å². The van der Waals surface area contributed by atoms with Crippen LogP contribution in [0.4, 0.5) is 5.69 Å². The molecule has 2 aliphatic carbocycles. The first-order chi connectivity index (χ1) is 13.3. The average molecular weight is 397 g/mol. The Morgan fingerprint density at radius 2 is 1.89 bits per heavy atom. The Labute approximate surface area is 171 Å². The Hall–Kier alpha value is -2.21. The van der Waals surface area contributed by atoms with E-state index in [9.17, 15) is 4.79 Å². The molecule has 2 aromatic rings. The summed E-state index contributed by atoms with van der Waals surface area (Å²) in [5.41, 5.74) is 4.84. The molecule has 0 unspecified atom stereocenters. The summed E-state index contributed by atoms with van der Waals surface area (Å²) >= 11 is 5.50. The number of hydrogen-bond donors (Lipinski definition) is 2. The molecule has 1 aromatic heterocycles. The first-order valence-corrected chi connectivity index (χ1v) is 10.5. The lowest BCUT2D eigenvalue weighted by atomic mass is 9.88. The molecule has 148 valence electrons. The number of carbonyl (C=O) groups is 1. The van der Waals surface area contributed by atoms with E-state index >= 15 is 0 Å². The monoisotopic (exact) mass is 396 g/mol. The maximum Gasteiger partial charge on any atom is 0.197 e. The standard InChI is InChI=1S/C22H28N4OS/c1-22(2,3)20-17-18(26(4)25-20)15-11-10-14(12-16(15)19(17)27)24-21(28)23-13-8-6-5-7-9-13/h10-13H,5-9H2,1-4H3,(H2,23,24,28). The van der Waals surface area contributed by atoms with Gasteiger partial charge in [0.15, 0.2) is 10.9 Å². The highest BCUT2D eigenvalue weighted by Gasteiger charge is 2.37. The van der Waals surface area contributed by atoms with Crippen LogP contribution < -0.4 is 10.6 Å². The predicted molar refractivity (Wildman–Crippen MR) is 117 cm³/mol. The zero-order valence-corrected chi connectivity index (χ0v) is 17.9. The molecule has 0 bridgehead atoms. The highest BCUT2D eigenvalue weighted by Crippen LogP contribution is 2.42. The lowest BCUT2D eigenvalue weighted by molar-refractivity contribution is 0.104. The van der Waals surface area contributed by atoms with E-state index in [1.165, 1.54) is 32.1 Å². The van der Waals surface area contributed by atoms with Gasteiger partial charge in [0.1, 0.15) is 0 Å². The average Bonchev–Trinajstić information content (AvgIpc) is 3.12. The maximum absolute atomic E-state index is 13.2. The number of fused-ring (bicyclic) bond motifs is 3. The minimum absolute atomic E-state index is 0.0535. The zero-order valence-electron chi connectivity index (χ0n) is 17.1. The Morgan fingerprint density at radius 1 is 1.18 bits per heavy atom. The number of nitrogens with zero attached hydrogens (tertiary/aromatic N) is 2. The summed E-state index contributed by atoms with van der Waals surface area (Å²) in [6, 6.07) is 6.35. The summed E-state index contributed by atoms with van der Waals surface area (Å²) in [7, 11) is 1.91. The van der Waals surface area contributed by atoms with Crippen molar-refractivity contribution in [2.75, 3.05) is 5.32 Å². The molecule has 0 saturated heterocycles. The van der Waals surface area contributed by atoms with Crippen LogP contribution in [0.3, 0.4) is 0 Å². The van der Waals surface area contributed by atoms with Crippen LogP contribution in [-0.2, 0) is 12.5 Å². The molecule has 5 nitrogen and oxygen atoms in total. The highest BCUT2D eigenvalue weighted by molar-refractivity contribution is 7.80. The number of carbonyl (C=O) groups excluding carboxylic acids is 1. The van der Waals surface area contributed by atoms with Crippen molar-refractivity contribution < 1.29 is 4.79 Å². The number of thiocarbonyl (C=S) groups is 1. The molecule has 2 N–H and O–H groups in total. The van der Waals surface area contributed by atoms with Crippen LogP contribution in [0.2, 0.25) is 0 Å². The van der Waals surface area contributed by atoms with Crippen molar-refractivity contribution in [3.8, 4) is 11.3 Å². The van der Waals surface area contributed by atoms with Gasteiger partial charge in [-0.3, -0.25) is 9.48 Å². The van der Waals surface area contributed by atoms with Crippen molar-refractivity contribution in [1.82, 2.24) is 15.1 Å². The van der Waals surface area contributed by atoms with Crippen molar-refractivity contribution in [2.24, 2.45) is 7.05 Å². The topological polar surface area (TPSA) is 59.0 Å². The molecule has 1 fully saturated rings. The van der Waals surface area contributed by atoms with Gasteiger partial charge in [-0.1, -0.05) is 40.0 Å². The third-order valence-corrected chi connectivity index (χ3v) is 5.92. The minimum Gasteiger partial charge on any atom is -0.360 e. The second-order valence-electron chi connectivity index (χ2n) is 8.97. The van der Waals surface area contributed by atoms with Crippen molar-refractivity contribution in [2.45, 2.75) is 64.3 Å². The normalized spacial score (nSPS) is 16.6. The third-order valence-electron chi connectivity index (χ3n) is 5.70. The minimum atomic E-state index is -0.185. The van der Waals surface area contributed by atoms with Gasteiger partial charge in [-0.15, -0.1) is 0 Å². The van der Waals surface area contributed by atoms with E-state index < -0.39 is 0 Å². The van der Waals surface area contributed by atoms with Gasteiger partial charge in [0, 0.05) is 35.3 Å². The summed E-state index contributed by atoms with van der Waals surface area (Å²) in [6.45, 7) is 6.27. The van der Waals surface area contributed by atoms with Gasteiger partial charge in [0.25, 0.3) is 0 Å². The number of ketones is 1. The molecule has 0 amide bonds. The largest absolute Gasteiger partial charge is 0.360 e. The van der Waals surface area contributed by atoms with Crippen molar-refractivity contribution in [3.05, 3.63) is 35.0 Å². The quantitative estimate of drug-likeness (QED) is 0.623. The highest BCUT2D eigenvalue weighted by atomic mass is 32.1. The first kappa shape index (κ1) is 19.1. The smallest absolute Gasteiger partial charge is 0.197 e. The Kier molecular flexibility index (Phi) is 4.78. The SMILES string of the molecule is Cn1nc(C(C)(C)C)c2c1-c1ccc(NC(=S)NC3CCCCC3)cc1C2=O. The second-order valence-corrected chi connectivity index (χ2v) is 9.38. The van der Waals surface area contributed by atoms with Crippen molar-refractivity contribution in [3.63, 3.8) is 0 Å². The molecule has 0 atom stereocenters. The van der Waals surface area contributed by atoms with E-state index in [0.717, 1.165) is 33.8 Å². The number of aryl methyl sites for hydroxylation is 1. The Morgan fingerprint density at radius 3 is 2.57 bits per heavy atom. The fourth-order valence-corrected chi connectivity index (χ4v) is 4.61. The van der Waals surface area contributed by atoms with Crippen molar-refractivity contribution >= 4 is 28.8 Å². The molecule has 1 aromatic carbocycles. The molecule has 0 spiro atoms. The number of nitrogens with one attached hydrogen (secondary N) is 2. The van der Waals surface area contributed by atoms with Gasteiger partial charge >= 0.3 is 0 Å². The molecule has 0 radical (unpaired) electrons. The molecular formula is C22H28N4OS. The summed E-state index contributed by atoms with van der Waals surface area (Å²) in [4.78, 5) is 13.2. The molecule has 6 heteroatoms. The predicted octanol–water partition coefficient (Wildman–Crippen LogP) is 4.55. The molecule has 28 heavy (non-hydrogen) atoms. The van der Waals surface area contributed by atoms with Crippen LogP contribution in [0.25, 0.3) is 11.3 Å². The van der Waals surface area contributed by atoms with Crippen LogP contribution in [0.15, 0.2) is 18.2 Å². The van der Waals surface area contributed by atoms with E-state index in [1.54, 1.807) is 0 Å². The fourth-order valence-electron chi connectivity index (χ4n) is 4.32. The van der Waals surface area contributed by atoms with Crippen LogP contribution in [0.5, 0.6) is 0 Å². The summed E-state index contributed by atoms with van der Waals surface area (Å²) in [6.07, 6.45) is 6.17. The van der Waals surface area contributed by atoms with Gasteiger partial charge < -0.3 is 10.6 Å². The number of aromatic nitrogens is 2. The van der Waals surface area contributed by atoms with E-state index in [0.29, 0.717) is 11.2 Å². The van der Waals surface area contributed by atoms with Crippen molar-refractivity contribution in [1.29, 1.82) is 0 Å². The number of hydrogen-bond acceptors (Lipinski definition) is 3. The molecule has 2 aliphatic rings. The molecule has 1 saturated carbocycles. The summed E-state index contributed by atoms with van der Waals surface area (Å²) < 4.78 is 1.84. The molecular weight excluding hydrogens is 368 g/mol. The van der Waals surface area contributed by atoms with Crippen LogP contribution in [0, 0.1) is 0 Å². The Bertz CT molecular complexity index is 948. The van der Waals surface area contributed by atoms with Gasteiger partial charge in [-0.2, -0.15) is 5.10 Å². The van der Waals surface area contributed by atoms with Gasteiger partial charge in [0.05, 0.1) is 17.0 Å². The van der Waals surface area contributed by atoms with Gasteiger partial charge in [-0.05, 0) is 43.3 Å². The molecule has 0 aliphatic heterocycles. The van der Waals surface area contributed by atoms with E-state index in [2.05, 4.69) is 36.5 Å². The lowest BCUT2D eigenvalue weighted by Gasteiger charge is -2.24. The number of benzene rings is 1. The van der Waals surface area contributed by atoms with Gasteiger partial charge in [-0.25, -0.2) is 0 Å². The van der Waals surface area contributed by atoms with Crippen LogP contribution in [-0.4, -0.2) is 26.7 Å². The van der Waals surface area contributed by atoms with E-state index in [1.807, 2.05) is 29.9 Å². The van der Waals surface area contributed by atoms with Gasteiger partial charge in [0.2, 0.25) is 0 Å². The fraction of sp³-hybridized carbons (Fsp3) is 0.500. The number of anilines is 1. The summed E-state index contributed by atoms with van der Waals surface area (Å²) in [5, 5.41) is 12.0. The molecule has 1 heterocycles. The third kappa shape index (κ3) is 3.34. The number of rotatable bonds is 2. The Balaban J connectivity index is 1.58. The second kappa shape index (κ2) is 6.99. The van der Waals surface area contributed by atoms with E-state index in [-0.39, 0.29) is 11.2 Å². The molecule has 4 rings (SSSR count). The first-order valence-electron chi connectivity index (χ1n) is 10.1. The zero-order chi connectivity index (χ0) is 20.1. The van der Waals surface area contributed by atoms with Crippen LogP contribution >= 0.6 is 12.2 Å². The summed E-state index contributed by atoms with van der Waals surface area (Å²) in [5.74, 6) is 0.0535. The maximum atomic E-state index is 13.2. The lowest BCUT2D eigenvalue weighted by Crippen LogP contribution is -2.38. The van der Waals surface area contributed by atoms with E-state index in [4.69, 9.17) is 12.2 Å².